The Morgan fingerprint density at radius 2 is 1.81 bits per heavy atom. The SMILES string of the molecule is CCCCC(Oc1ccc(-c2ccc(C(F)(F)F)cc2)c(C)c1)c1ccc(C(N)=O)s1. The van der Waals surface area contributed by atoms with Crippen molar-refractivity contribution in [1.82, 2.24) is 0 Å². The Morgan fingerprint density at radius 1 is 1.10 bits per heavy atom. The van der Waals surface area contributed by atoms with Gasteiger partial charge in [-0.15, -0.1) is 11.3 Å². The van der Waals surface area contributed by atoms with Gasteiger partial charge in [0, 0.05) is 4.88 Å². The molecule has 1 aromatic heterocycles. The zero-order chi connectivity index (χ0) is 22.6. The van der Waals surface area contributed by atoms with E-state index in [1.165, 1.54) is 23.5 Å². The van der Waals surface area contributed by atoms with Gasteiger partial charge in [-0.25, -0.2) is 0 Å². The van der Waals surface area contributed by atoms with Crippen molar-refractivity contribution in [2.45, 2.75) is 45.4 Å². The highest BCUT2D eigenvalue weighted by molar-refractivity contribution is 7.14. The van der Waals surface area contributed by atoms with Crippen molar-refractivity contribution in [3.05, 3.63) is 75.5 Å². The number of amides is 1. The van der Waals surface area contributed by atoms with E-state index in [9.17, 15) is 18.0 Å². The Balaban J connectivity index is 1.82. The number of alkyl halides is 3. The lowest BCUT2D eigenvalue weighted by Crippen LogP contribution is -2.08. The molecule has 0 fully saturated rings. The highest BCUT2D eigenvalue weighted by atomic mass is 32.1. The van der Waals surface area contributed by atoms with Gasteiger partial charge < -0.3 is 10.5 Å². The zero-order valence-corrected chi connectivity index (χ0v) is 18.1. The summed E-state index contributed by atoms with van der Waals surface area (Å²) in [4.78, 5) is 12.9. The van der Waals surface area contributed by atoms with Crippen molar-refractivity contribution >= 4 is 17.2 Å². The fraction of sp³-hybridized carbons (Fsp3) is 0.292. The Labute approximate surface area is 183 Å². The van der Waals surface area contributed by atoms with Crippen LogP contribution in [-0.2, 0) is 6.18 Å². The van der Waals surface area contributed by atoms with Crippen molar-refractivity contribution in [1.29, 1.82) is 0 Å². The normalized spacial score (nSPS) is 12.5. The minimum absolute atomic E-state index is 0.200. The maximum Gasteiger partial charge on any atom is 0.416 e. The number of unbranched alkanes of at least 4 members (excludes halogenated alkanes) is 1. The molecular formula is C24H24F3NO2S. The first-order chi connectivity index (χ1) is 14.7. The second-order valence-corrected chi connectivity index (χ2v) is 8.48. The minimum Gasteiger partial charge on any atom is -0.485 e. The number of ether oxygens (including phenoxy) is 1. The lowest BCUT2D eigenvalue weighted by Gasteiger charge is -2.19. The predicted molar refractivity (Wildman–Crippen MR) is 117 cm³/mol. The van der Waals surface area contributed by atoms with Crippen LogP contribution in [0.3, 0.4) is 0 Å². The molecule has 1 atom stereocenters. The van der Waals surface area contributed by atoms with E-state index in [1.54, 1.807) is 6.07 Å². The molecule has 1 unspecified atom stereocenters. The van der Waals surface area contributed by atoms with Crippen LogP contribution in [0.25, 0.3) is 11.1 Å². The maximum atomic E-state index is 12.8. The number of carbonyl (C=O) groups is 1. The number of rotatable bonds is 8. The standard InChI is InChI=1S/C24H24F3NO2S/c1-3-4-5-20(21-12-13-22(31-21)23(28)29)30-18-10-11-19(15(2)14-18)16-6-8-17(9-7-16)24(25,26)27/h6-14,20H,3-5H2,1-2H3,(H2,28,29). The number of aryl methyl sites for hydroxylation is 1. The van der Waals surface area contributed by atoms with Crippen LogP contribution in [0.4, 0.5) is 13.2 Å². The second kappa shape index (κ2) is 9.56. The zero-order valence-electron chi connectivity index (χ0n) is 17.3. The molecule has 0 radical (unpaired) electrons. The van der Waals surface area contributed by atoms with Gasteiger partial charge in [0.15, 0.2) is 0 Å². The molecule has 164 valence electrons. The summed E-state index contributed by atoms with van der Waals surface area (Å²) >= 11 is 1.33. The largest absolute Gasteiger partial charge is 0.485 e. The Morgan fingerprint density at radius 3 is 2.35 bits per heavy atom. The quantitative estimate of drug-likeness (QED) is 0.399. The number of halogens is 3. The van der Waals surface area contributed by atoms with Crippen molar-refractivity contribution < 1.29 is 22.7 Å². The molecule has 0 aliphatic carbocycles. The van der Waals surface area contributed by atoms with E-state index in [2.05, 4.69) is 6.92 Å². The molecule has 0 bridgehead atoms. The van der Waals surface area contributed by atoms with Crippen molar-refractivity contribution in [2.75, 3.05) is 0 Å². The summed E-state index contributed by atoms with van der Waals surface area (Å²) in [5.74, 6) is 0.213. The van der Waals surface area contributed by atoms with Crippen LogP contribution in [0.2, 0.25) is 0 Å². The molecule has 0 saturated carbocycles. The third-order valence-electron chi connectivity index (χ3n) is 5.01. The number of hydrogen-bond acceptors (Lipinski definition) is 3. The van der Waals surface area contributed by atoms with Crippen molar-refractivity contribution in [3.8, 4) is 16.9 Å². The molecule has 0 spiro atoms. The maximum absolute atomic E-state index is 12.8. The molecule has 31 heavy (non-hydrogen) atoms. The second-order valence-electron chi connectivity index (χ2n) is 7.37. The van der Waals surface area contributed by atoms with Crippen LogP contribution in [0.5, 0.6) is 5.75 Å². The summed E-state index contributed by atoms with van der Waals surface area (Å²) < 4.78 is 44.7. The van der Waals surface area contributed by atoms with Crippen LogP contribution in [0.1, 0.15) is 58.0 Å². The van der Waals surface area contributed by atoms with E-state index in [4.69, 9.17) is 10.5 Å². The predicted octanol–water partition coefficient (Wildman–Crippen LogP) is 7.15. The average molecular weight is 448 g/mol. The van der Waals surface area contributed by atoms with Gasteiger partial charge in [0.2, 0.25) is 0 Å². The van der Waals surface area contributed by atoms with Gasteiger partial charge in [0.05, 0.1) is 10.4 Å². The first-order valence-electron chi connectivity index (χ1n) is 10.0. The number of carbonyl (C=O) groups excluding carboxylic acids is 1. The molecule has 7 heteroatoms. The summed E-state index contributed by atoms with van der Waals surface area (Å²) in [5, 5.41) is 0. The molecule has 2 N–H and O–H groups in total. The van der Waals surface area contributed by atoms with E-state index in [0.29, 0.717) is 16.2 Å². The molecule has 3 aromatic rings. The van der Waals surface area contributed by atoms with E-state index in [0.717, 1.165) is 47.4 Å². The molecule has 1 heterocycles. The van der Waals surface area contributed by atoms with Crippen LogP contribution in [0.15, 0.2) is 54.6 Å². The number of thiophene rings is 1. The Kier molecular flexibility index (Phi) is 7.05. The van der Waals surface area contributed by atoms with Crippen LogP contribution >= 0.6 is 11.3 Å². The fourth-order valence-corrected chi connectivity index (χ4v) is 4.27. The van der Waals surface area contributed by atoms with Gasteiger partial charge in [-0.2, -0.15) is 13.2 Å². The first-order valence-corrected chi connectivity index (χ1v) is 10.8. The summed E-state index contributed by atoms with van der Waals surface area (Å²) in [6, 6.07) is 14.3. The molecule has 1 amide bonds. The molecule has 3 rings (SSSR count). The summed E-state index contributed by atoms with van der Waals surface area (Å²) in [6.07, 6.45) is -1.77. The lowest BCUT2D eigenvalue weighted by molar-refractivity contribution is -0.137. The highest BCUT2D eigenvalue weighted by Gasteiger charge is 2.30. The van der Waals surface area contributed by atoms with E-state index in [-0.39, 0.29) is 6.10 Å². The van der Waals surface area contributed by atoms with E-state index in [1.807, 2.05) is 31.2 Å². The number of primary amides is 1. The van der Waals surface area contributed by atoms with Crippen molar-refractivity contribution in [2.24, 2.45) is 5.73 Å². The Hall–Kier alpha value is -2.80. The van der Waals surface area contributed by atoms with Crippen molar-refractivity contribution in [3.63, 3.8) is 0 Å². The van der Waals surface area contributed by atoms with Gasteiger partial charge >= 0.3 is 6.18 Å². The highest BCUT2D eigenvalue weighted by Crippen LogP contribution is 2.35. The molecule has 0 saturated heterocycles. The number of benzene rings is 2. The van der Waals surface area contributed by atoms with Crippen LogP contribution in [-0.4, -0.2) is 5.91 Å². The minimum atomic E-state index is -4.35. The summed E-state index contributed by atoms with van der Waals surface area (Å²) in [6.45, 7) is 4.00. The molecular weight excluding hydrogens is 423 g/mol. The van der Waals surface area contributed by atoms with Gasteiger partial charge in [0.1, 0.15) is 11.9 Å². The van der Waals surface area contributed by atoms with Gasteiger partial charge in [-0.1, -0.05) is 31.5 Å². The molecule has 2 aromatic carbocycles. The topological polar surface area (TPSA) is 52.3 Å². The van der Waals surface area contributed by atoms with E-state index >= 15 is 0 Å². The molecule has 3 nitrogen and oxygen atoms in total. The third-order valence-corrected chi connectivity index (χ3v) is 6.20. The monoisotopic (exact) mass is 447 g/mol. The number of hydrogen-bond donors (Lipinski definition) is 1. The van der Waals surface area contributed by atoms with Crippen LogP contribution < -0.4 is 10.5 Å². The van der Waals surface area contributed by atoms with Gasteiger partial charge in [-0.3, -0.25) is 4.79 Å². The lowest BCUT2D eigenvalue weighted by atomic mass is 9.99. The Bertz CT molecular complexity index is 1040. The third kappa shape index (κ3) is 5.67. The average Bonchev–Trinajstić information content (AvgIpc) is 3.21. The summed E-state index contributed by atoms with van der Waals surface area (Å²) in [5.41, 5.74) is 7.16. The van der Waals surface area contributed by atoms with Gasteiger partial charge in [-0.05, 0) is 72.9 Å². The first kappa shape index (κ1) is 22.9. The van der Waals surface area contributed by atoms with E-state index < -0.39 is 17.6 Å². The summed E-state index contributed by atoms with van der Waals surface area (Å²) in [7, 11) is 0. The number of nitrogens with two attached hydrogens (primary N) is 1. The fourth-order valence-electron chi connectivity index (χ4n) is 3.34. The molecule has 0 aliphatic rings. The molecule has 0 aliphatic heterocycles. The smallest absolute Gasteiger partial charge is 0.416 e. The van der Waals surface area contributed by atoms with Crippen LogP contribution in [0, 0.1) is 6.92 Å². The van der Waals surface area contributed by atoms with Gasteiger partial charge in [0.25, 0.3) is 5.91 Å².